The number of rotatable bonds is 6. The van der Waals surface area contributed by atoms with Crippen LogP contribution in [-0.4, -0.2) is 36.2 Å². The quantitative estimate of drug-likeness (QED) is 0.794. The molecule has 1 heterocycles. The maximum absolute atomic E-state index is 12.7. The van der Waals surface area contributed by atoms with Gasteiger partial charge in [0.15, 0.2) is 0 Å². The molecule has 1 N–H and O–H groups in total. The van der Waals surface area contributed by atoms with Crippen molar-refractivity contribution in [3.63, 3.8) is 0 Å². The zero-order chi connectivity index (χ0) is 17.2. The zero-order valence-corrected chi connectivity index (χ0v) is 15.1. The lowest BCUT2D eigenvalue weighted by Crippen LogP contribution is -2.39. The lowest BCUT2D eigenvalue weighted by molar-refractivity contribution is -0.116. The molecule has 0 radical (unpaired) electrons. The average molecular weight is 410 g/mol. The van der Waals surface area contributed by atoms with Crippen LogP contribution in [0.3, 0.4) is 0 Å². The molecule has 1 aliphatic rings. The van der Waals surface area contributed by atoms with Gasteiger partial charge in [-0.15, -0.1) is 0 Å². The number of aromatic nitrogens is 1. The average Bonchev–Trinajstić information content (AvgIpc) is 3.40. The predicted octanol–water partition coefficient (Wildman–Crippen LogP) is 2.64. The molecule has 1 aliphatic carbocycles. The van der Waals surface area contributed by atoms with Crippen LogP contribution in [0.1, 0.15) is 12.8 Å². The molecule has 0 atom stereocenters. The highest BCUT2D eigenvalue weighted by molar-refractivity contribution is 9.10. The Morgan fingerprint density at radius 2 is 1.96 bits per heavy atom. The Bertz CT molecular complexity index is 821. The van der Waals surface area contributed by atoms with Gasteiger partial charge in [-0.05, 0) is 49.2 Å². The lowest BCUT2D eigenvalue weighted by Gasteiger charge is -2.21. The predicted molar refractivity (Wildman–Crippen MR) is 93.9 cm³/mol. The van der Waals surface area contributed by atoms with Crippen LogP contribution in [0.2, 0.25) is 0 Å². The summed E-state index contributed by atoms with van der Waals surface area (Å²) in [5.41, 5.74) is 0.623. The third-order valence-corrected chi connectivity index (χ3v) is 6.03. The maximum atomic E-state index is 12.7. The highest BCUT2D eigenvalue weighted by Gasteiger charge is 2.39. The number of amides is 1. The topological polar surface area (TPSA) is 79.4 Å². The van der Waals surface area contributed by atoms with E-state index < -0.39 is 10.0 Å². The van der Waals surface area contributed by atoms with Gasteiger partial charge in [-0.25, -0.2) is 8.42 Å². The van der Waals surface area contributed by atoms with Crippen LogP contribution >= 0.6 is 15.9 Å². The van der Waals surface area contributed by atoms with Crippen molar-refractivity contribution in [1.29, 1.82) is 0 Å². The molecule has 3 rings (SSSR count). The molecule has 1 saturated carbocycles. The normalized spacial score (nSPS) is 14.6. The highest BCUT2D eigenvalue weighted by Crippen LogP contribution is 2.31. The number of carbonyl (C=O) groups is 1. The Morgan fingerprint density at radius 3 is 2.54 bits per heavy atom. The number of hydrogen-bond donors (Lipinski definition) is 1. The van der Waals surface area contributed by atoms with Gasteiger partial charge in [0.25, 0.3) is 0 Å². The molecule has 0 unspecified atom stereocenters. The third kappa shape index (κ3) is 4.00. The van der Waals surface area contributed by atoms with Crippen LogP contribution in [0, 0.1) is 0 Å². The molecular formula is C16H16BrN3O3S. The molecule has 6 nitrogen and oxygen atoms in total. The molecule has 0 bridgehead atoms. The second kappa shape index (κ2) is 7.00. The fourth-order valence-corrected chi connectivity index (χ4v) is 4.15. The molecular weight excluding hydrogens is 394 g/mol. The summed E-state index contributed by atoms with van der Waals surface area (Å²) in [6.45, 7) is -0.210. The Morgan fingerprint density at radius 1 is 1.25 bits per heavy atom. The zero-order valence-electron chi connectivity index (χ0n) is 12.7. The third-order valence-electron chi connectivity index (χ3n) is 3.62. The molecule has 1 fully saturated rings. The summed E-state index contributed by atoms with van der Waals surface area (Å²) in [7, 11) is -3.73. The second-order valence-electron chi connectivity index (χ2n) is 5.53. The number of hydrogen-bond acceptors (Lipinski definition) is 4. The summed E-state index contributed by atoms with van der Waals surface area (Å²) in [5, 5.41) is 2.72. The minimum atomic E-state index is -3.73. The molecule has 0 saturated heterocycles. The van der Waals surface area contributed by atoms with Crippen LogP contribution in [0.15, 0.2) is 58.2 Å². The fourth-order valence-electron chi connectivity index (χ4n) is 2.28. The van der Waals surface area contributed by atoms with Gasteiger partial charge >= 0.3 is 0 Å². The molecule has 0 aliphatic heterocycles. The first-order valence-electron chi connectivity index (χ1n) is 7.44. The van der Waals surface area contributed by atoms with E-state index in [0.29, 0.717) is 5.69 Å². The van der Waals surface area contributed by atoms with Crippen LogP contribution in [0.25, 0.3) is 0 Å². The summed E-state index contributed by atoms with van der Waals surface area (Å²) in [5.74, 6) is -0.364. The number of sulfonamides is 1. The van der Waals surface area contributed by atoms with Crippen LogP contribution in [0.4, 0.5) is 5.69 Å². The second-order valence-corrected chi connectivity index (χ2v) is 8.33. The van der Waals surface area contributed by atoms with Crippen LogP contribution in [-0.2, 0) is 14.8 Å². The molecule has 126 valence electrons. The molecule has 8 heteroatoms. The molecule has 1 aromatic heterocycles. The Hall–Kier alpha value is -1.77. The van der Waals surface area contributed by atoms with E-state index in [1.165, 1.54) is 22.8 Å². The smallest absolute Gasteiger partial charge is 0.245 e. The number of anilines is 1. The number of nitrogens with one attached hydrogen (secondary N) is 1. The van der Waals surface area contributed by atoms with Crippen LogP contribution < -0.4 is 5.32 Å². The number of nitrogens with zero attached hydrogens (tertiary/aromatic N) is 2. The summed E-state index contributed by atoms with van der Waals surface area (Å²) < 4.78 is 27.7. The number of halogens is 1. The standard InChI is InChI=1S/C16H16BrN3O3S/c17-12-3-5-13(6-4-12)19-16(21)11-20(14-7-8-14)24(22,23)15-2-1-9-18-10-15/h1-6,9-10,14H,7-8,11H2,(H,19,21). The van der Waals surface area contributed by atoms with E-state index in [1.807, 2.05) is 0 Å². The molecule has 24 heavy (non-hydrogen) atoms. The lowest BCUT2D eigenvalue weighted by atomic mass is 10.3. The fraction of sp³-hybridized carbons (Fsp3) is 0.250. The maximum Gasteiger partial charge on any atom is 0.245 e. The van der Waals surface area contributed by atoms with Gasteiger partial charge in [-0.1, -0.05) is 15.9 Å². The van der Waals surface area contributed by atoms with E-state index in [0.717, 1.165) is 17.3 Å². The number of carbonyl (C=O) groups excluding carboxylic acids is 1. The van der Waals surface area contributed by atoms with Crippen LogP contribution in [0.5, 0.6) is 0 Å². The first kappa shape index (κ1) is 17.1. The van der Waals surface area contributed by atoms with Crippen molar-refractivity contribution < 1.29 is 13.2 Å². The molecule has 1 aromatic carbocycles. The first-order valence-corrected chi connectivity index (χ1v) is 9.67. The molecule has 2 aromatic rings. The summed E-state index contributed by atoms with van der Waals surface area (Å²) in [4.78, 5) is 16.2. The van der Waals surface area contributed by atoms with Gasteiger partial charge in [0.2, 0.25) is 15.9 Å². The van der Waals surface area contributed by atoms with E-state index in [9.17, 15) is 13.2 Å². The van der Waals surface area contributed by atoms with E-state index in [4.69, 9.17) is 0 Å². The van der Waals surface area contributed by atoms with Crippen molar-refractivity contribution >= 4 is 37.5 Å². The summed E-state index contributed by atoms with van der Waals surface area (Å²) in [6.07, 6.45) is 4.36. The van der Waals surface area contributed by atoms with Gasteiger partial charge in [0, 0.05) is 28.6 Å². The number of pyridine rings is 1. The first-order chi connectivity index (χ1) is 11.5. The van der Waals surface area contributed by atoms with Gasteiger partial charge in [0.05, 0.1) is 6.54 Å². The Kier molecular flexibility index (Phi) is 4.98. The van der Waals surface area contributed by atoms with Crippen molar-refractivity contribution in [3.05, 3.63) is 53.3 Å². The minimum absolute atomic E-state index is 0.105. The van der Waals surface area contributed by atoms with Crippen molar-refractivity contribution in [3.8, 4) is 0 Å². The largest absolute Gasteiger partial charge is 0.325 e. The van der Waals surface area contributed by atoms with E-state index >= 15 is 0 Å². The SMILES string of the molecule is O=C(CN(C1CC1)S(=O)(=O)c1cccnc1)Nc1ccc(Br)cc1. The number of benzene rings is 1. The monoisotopic (exact) mass is 409 g/mol. The van der Waals surface area contributed by atoms with Crippen molar-refractivity contribution in [2.75, 3.05) is 11.9 Å². The van der Waals surface area contributed by atoms with Gasteiger partial charge in [0.1, 0.15) is 4.90 Å². The van der Waals surface area contributed by atoms with E-state index in [2.05, 4.69) is 26.2 Å². The van der Waals surface area contributed by atoms with E-state index in [1.54, 1.807) is 30.3 Å². The Labute approximate surface area is 149 Å². The van der Waals surface area contributed by atoms with E-state index in [-0.39, 0.29) is 23.4 Å². The minimum Gasteiger partial charge on any atom is -0.325 e. The van der Waals surface area contributed by atoms with Crippen molar-refractivity contribution in [1.82, 2.24) is 9.29 Å². The van der Waals surface area contributed by atoms with Gasteiger partial charge in [-0.2, -0.15) is 4.31 Å². The molecule has 1 amide bonds. The van der Waals surface area contributed by atoms with Gasteiger partial charge in [-0.3, -0.25) is 9.78 Å². The van der Waals surface area contributed by atoms with Gasteiger partial charge < -0.3 is 5.32 Å². The summed E-state index contributed by atoms with van der Waals surface area (Å²) >= 11 is 3.33. The highest BCUT2D eigenvalue weighted by atomic mass is 79.9. The van der Waals surface area contributed by atoms with Crippen molar-refractivity contribution in [2.24, 2.45) is 0 Å². The molecule has 0 spiro atoms. The Balaban J connectivity index is 1.75. The summed E-state index contributed by atoms with van der Waals surface area (Å²) in [6, 6.07) is 10.1. The van der Waals surface area contributed by atoms with Crippen molar-refractivity contribution in [2.45, 2.75) is 23.8 Å².